The zero-order valence-corrected chi connectivity index (χ0v) is 16.6. The quantitative estimate of drug-likeness (QED) is 0.669. The molecule has 0 spiro atoms. The number of anilines is 1. The van der Waals surface area contributed by atoms with Crippen molar-refractivity contribution >= 4 is 28.8 Å². The lowest BCUT2D eigenvalue weighted by Gasteiger charge is -2.11. The van der Waals surface area contributed by atoms with Crippen LogP contribution in [0.4, 0.5) is 5.69 Å². The van der Waals surface area contributed by atoms with Crippen LogP contribution in [0.1, 0.15) is 44.0 Å². The van der Waals surface area contributed by atoms with Crippen molar-refractivity contribution in [3.8, 4) is 11.1 Å². The van der Waals surface area contributed by atoms with Gasteiger partial charge in [-0.1, -0.05) is 12.1 Å². The van der Waals surface area contributed by atoms with Crippen molar-refractivity contribution in [3.05, 3.63) is 69.7 Å². The molecule has 0 aliphatic heterocycles. The molecule has 0 unspecified atom stereocenters. The second-order valence-electron chi connectivity index (χ2n) is 7.08. The fourth-order valence-electron chi connectivity index (χ4n) is 3.02. The number of carbonyl (C=O) groups is 2. The van der Waals surface area contributed by atoms with Crippen molar-refractivity contribution in [1.82, 2.24) is 10.3 Å². The minimum atomic E-state index is -0.166. The van der Waals surface area contributed by atoms with Crippen LogP contribution in [-0.2, 0) is 0 Å². The molecule has 2 aromatic heterocycles. The summed E-state index contributed by atoms with van der Waals surface area (Å²) in [6.45, 7) is 3.86. The number of rotatable bonds is 5. The average Bonchev–Trinajstić information content (AvgIpc) is 3.42. The van der Waals surface area contributed by atoms with Crippen molar-refractivity contribution < 1.29 is 9.59 Å². The third kappa shape index (κ3) is 3.82. The number of aromatic nitrogens is 1. The highest BCUT2D eigenvalue weighted by molar-refractivity contribution is 7.12. The summed E-state index contributed by atoms with van der Waals surface area (Å²) in [7, 11) is 0. The van der Waals surface area contributed by atoms with E-state index in [1.54, 1.807) is 24.5 Å². The number of nitrogens with one attached hydrogen (secondary N) is 2. The second-order valence-corrected chi connectivity index (χ2v) is 7.96. The van der Waals surface area contributed by atoms with Gasteiger partial charge >= 0.3 is 0 Å². The Hall–Kier alpha value is -2.99. The van der Waals surface area contributed by atoms with E-state index in [0.29, 0.717) is 22.2 Å². The Morgan fingerprint density at radius 3 is 2.68 bits per heavy atom. The normalized spacial score (nSPS) is 13.2. The van der Waals surface area contributed by atoms with Gasteiger partial charge in [0.1, 0.15) is 0 Å². The van der Waals surface area contributed by atoms with E-state index in [1.165, 1.54) is 11.3 Å². The van der Waals surface area contributed by atoms with Gasteiger partial charge in [0.25, 0.3) is 11.8 Å². The predicted molar refractivity (Wildman–Crippen MR) is 112 cm³/mol. The van der Waals surface area contributed by atoms with Crippen LogP contribution in [0.5, 0.6) is 0 Å². The molecule has 1 aliphatic carbocycles. The fraction of sp³-hybridized carbons (Fsp3) is 0.227. The molecule has 3 aromatic rings. The van der Waals surface area contributed by atoms with E-state index < -0.39 is 0 Å². The molecule has 0 bridgehead atoms. The summed E-state index contributed by atoms with van der Waals surface area (Å²) >= 11 is 1.41. The minimum absolute atomic E-state index is 0.0934. The first kappa shape index (κ1) is 18.4. The summed E-state index contributed by atoms with van der Waals surface area (Å²) in [5.41, 5.74) is 5.06. The third-order valence-electron chi connectivity index (χ3n) is 4.88. The Labute approximate surface area is 167 Å². The summed E-state index contributed by atoms with van der Waals surface area (Å²) in [4.78, 5) is 30.0. The van der Waals surface area contributed by atoms with Crippen LogP contribution in [0.2, 0.25) is 0 Å². The van der Waals surface area contributed by atoms with E-state index in [9.17, 15) is 9.59 Å². The van der Waals surface area contributed by atoms with Crippen LogP contribution >= 0.6 is 11.3 Å². The molecular formula is C22H21N3O2S. The van der Waals surface area contributed by atoms with Crippen LogP contribution in [-0.4, -0.2) is 22.8 Å². The van der Waals surface area contributed by atoms with Gasteiger partial charge in [-0.25, -0.2) is 0 Å². The second kappa shape index (κ2) is 7.56. The molecule has 0 saturated heterocycles. The number of thiophene rings is 1. The molecule has 1 saturated carbocycles. The number of carbonyl (C=O) groups excluding carboxylic acids is 2. The van der Waals surface area contributed by atoms with Gasteiger partial charge in [0.15, 0.2) is 0 Å². The molecule has 1 aromatic carbocycles. The number of hydrogen-bond donors (Lipinski definition) is 2. The number of aryl methyl sites for hydroxylation is 1. The average molecular weight is 391 g/mol. The van der Waals surface area contributed by atoms with E-state index in [1.807, 2.05) is 37.4 Å². The Bertz CT molecular complexity index is 1040. The standard InChI is InChI=1S/C22H21N3O2S/c1-13-5-6-15(21(26)24-17-7-8-17)10-19(13)25-22(27)20-14(2)18(12-28-20)16-4-3-9-23-11-16/h3-6,9-12,17H,7-8H2,1-2H3,(H,24,26)(H,25,27). The highest BCUT2D eigenvalue weighted by Gasteiger charge is 2.24. The summed E-state index contributed by atoms with van der Waals surface area (Å²) in [5, 5.41) is 7.93. The van der Waals surface area contributed by atoms with E-state index in [0.717, 1.165) is 35.1 Å². The van der Waals surface area contributed by atoms with Gasteiger partial charge in [-0.2, -0.15) is 0 Å². The number of nitrogens with zero attached hydrogens (tertiary/aromatic N) is 1. The molecule has 1 fully saturated rings. The molecule has 6 heteroatoms. The van der Waals surface area contributed by atoms with Crippen LogP contribution in [0, 0.1) is 13.8 Å². The Kier molecular flexibility index (Phi) is 4.96. The maximum Gasteiger partial charge on any atom is 0.266 e. The Balaban J connectivity index is 1.55. The van der Waals surface area contributed by atoms with Gasteiger partial charge in [0, 0.05) is 35.2 Å². The summed E-state index contributed by atoms with van der Waals surface area (Å²) in [5.74, 6) is -0.260. The van der Waals surface area contributed by atoms with Crippen LogP contribution < -0.4 is 10.6 Å². The van der Waals surface area contributed by atoms with Gasteiger partial charge in [-0.3, -0.25) is 14.6 Å². The van der Waals surface area contributed by atoms with Gasteiger partial charge in [0.05, 0.1) is 4.88 Å². The van der Waals surface area contributed by atoms with E-state index in [-0.39, 0.29) is 11.8 Å². The largest absolute Gasteiger partial charge is 0.349 e. The lowest BCUT2D eigenvalue weighted by atomic mass is 10.1. The molecule has 0 atom stereocenters. The molecule has 0 radical (unpaired) electrons. The van der Waals surface area contributed by atoms with E-state index >= 15 is 0 Å². The lowest BCUT2D eigenvalue weighted by Crippen LogP contribution is -2.25. The molecule has 2 amide bonds. The molecule has 4 rings (SSSR count). The SMILES string of the molecule is Cc1ccc(C(=O)NC2CC2)cc1NC(=O)c1scc(-c2cccnc2)c1C. The molecule has 142 valence electrons. The molecule has 1 aliphatic rings. The summed E-state index contributed by atoms with van der Waals surface area (Å²) in [6, 6.07) is 9.56. The number of pyridine rings is 1. The van der Waals surface area contributed by atoms with E-state index in [2.05, 4.69) is 15.6 Å². The topological polar surface area (TPSA) is 71.1 Å². The van der Waals surface area contributed by atoms with E-state index in [4.69, 9.17) is 0 Å². The minimum Gasteiger partial charge on any atom is -0.349 e. The molecule has 28 heavy (non-hydrogen) atoms. The van der Waals surface area contributed by atoms with Gasteiger partial charge in [-0.05, 0) is 67.0 Å². The highest BCUT2D eigenvalue weighted by Crippen LogP contribution is 2.31. The summed E-state index contributed by atoms with van der Waals surface area (Å²) in [6.07, 6.45) is 5.60. The van der Waals surface area contributed by atoms with Crippen LogP contribution in [0.25, 0.3) is 11.1 Å². The van der Waals surface area contributed by atoms with Crippen molar-refractivity contribution in [1.29, 1.82) is 0 Å². The van der Waals surface area contributed by atoms with Crippen molar-refractivity contribution in [2.24, 2.45) is 0 Å². The molecule has 2 N–H and O–H groups in total. The number of amides is 2. The fourth-order valence-corrected chi connectivity index (χ4v) is 4.01. The predicted octanol–water partition coefficient (Wildman–Crippen LogP) is 4.57. The lowest BCUT2D eigenvalue weighted by molar-refractivity contribution is 0.0949. The smallest absolute Gasteiger partial charge is 0.266 e. The first-order valence-corrected chi connectivity index (χ1v) is 10.1. The Morgan fingerprint density at radius 2 is 1.96 bits per heavy atom. The molecule has 5 nitrogen and oxygen atoms in total. The number of hydrogen-bond acceptors (Lipinski definition) is 4. The zero-order valence-electron chi connectivity index (χ0n) is 15.8. The van der Waals surface area contributed by atoms with Crippen molar-refractivity contribution in [2.75, 3.05) is 5.32 Å². The van der Waals surface area contributed by atoms with Gasteiger partial charge < -0.3 is 10.6 Å². The zero-order chi connectivity index (χ0) is 19.7. The summed E-state index contributed by atoms with van der Waals surface area (Å²) < 4.78 is 0. The highest BCUT2D eigenvalue weighted by atomic mass is 32.1. The van der Waals surface area contributed by atoms with Crippen LogP contribution in [0.15, 0.2) is 48.1 Å². The maximum absolute atomic E-state index is 12.9. The van der Waals surface area contributed by atoms with Crippen LogP contribution in [0.3, 0.4) is 0 Å². The Morgan fingerprint density at radius 1 is 1.14 bits per heavy atom. The number of benzene rings is 1. The van der Waals surface area contributed by atoms with Gasteiger partial charge in [0.2, 0.25) is 0 Å². The maximum atomic E-state index is 12.9. The first-order valence-electron chi connectivity index (χ1n) is 9.24. The third-order valence-corrected chi connectivity index (χ3v) is 5.96. The van der Waals surface area contributed by atoms with Crippen molar-refractivity contribution in [2.45, 2.75) is 32.7 Å². The molecule has 2 heterocycles. The van der Waals surface area contributed by atoms with Gasteiger partial charge in [-0.15, -0.1) is 11.3 Å². The molecular weight excluding hydrogens is 370 g/mol. The first-order chi connectivity index (χ1) is 13.5. The monoisotopic (exact) mass is 391 g/mol. The van der Waals surface area contributed by atoms with Crippen molar-refractivity contribution in [3.63, 3.8) is 0 Å².